The Labute approximate surface area is 112 Å². The number of carbonyl (C=O) groups is 1. The van der Waals surface area contributed by atoms with Crippen LogP contribution in [0, 0.1) is 0 Å². The zero-order valence-corrected chi connectivity index (χ0v) is 13.7. The minimum absolute atomic E-state index is 0.182. The first-order chi connectivity index (χ1) is 8.07. The smallest absolute Gasteiger partial charge is 0.410 e. The molecule has 0 atom stereocenters. The van der Waals surface area contributed by atoms with Gasteiger partial charge < -0.3 is 9.64 Å². The fourth-order valence-electron chi connectivity index (χ4n) is 1.78. The van der Waals surface area contributed by atoms with Crippen LogP contribution in [0.5, 0.6) is 0 Å². The van der Waals surface area contributed by atoms with Crippen LogP contribution < -0.4 is 0 Å². The molecule has 1 rings (SSSR count). The maximum atomic E-state index is 11.9. The molecule has 1 heterocycles. The van der Waals surface area contributed by atoms with Crippen LogP contribution >= 0.6 is 0 Å². The van der Waals surface area contributed by atoms with Crippen molar-refractivity contribution in [2.24, 2.45) is 0 Å². The highest BCUT2D eigenvalue weighted by Gasteiger charge is 2.26. The average Bonchev–Trinajstić information content (AvgIpc) is 2.58. The SMILES string of the molecule is CC(C)(C)OC(=O)N1CC/C(=C/C[Si](C)(C)C)C1. The van der Waals surface area contributed by atoms with Crippen LogP contribution in [0.4, 0.5) is 4.79 Å². The third-order valence-corrected chi connectivity index (χ3v) is 4.18. The minimum atomic E-state index is -1.02. The van der Waals surface area contributed by atoms with E-state index >= 15 is 0 Å². The Kier molecular flexibility index (Phi) is 4.64. The molecule has 0 radical (unpaired) electrons. The van der Waals surface area contributed by atoms with Crippen molar-refractivity contribution < 1.29 is 9.53 Å². The van der Waals surface area contributed by atoms with E-state index in [1.54, 1.807) is 4.90 Å². The third kappa shape index (κ3) is 5.71. The highest BCUT2D eigenvalue weighted by molar-refractivity contribution is 6.76. The number of rotatable bonds is 2. The molecule has 1 saturated heterocycles. The lowest BCUT2D eigenvalue weighted by molar-refractivity contribution is 0.0299. The van der Waals surface area contributed by atoms with Gasteiger partial charge in [0.2, 0.25) is 0 Å². The van der Waals surface area contributed by atoms with Gasteiger partial charge >= 0.3 is 6.09 Å². The maximum absolute atomic E-state index is 11.9. The van der Waals surface area contributed by atoms with E-state index in [1.807, 2.05) is 20.8 Å². The Morgan fingerprint density at radius 2 is 2.00 bits per heavy atom. The number of hydrogen-bond donors (Lipinski definition) is 0. The summed E-state index contributed by atoms with van der Waals surface area (Å²) in [7, 11) is -1.02. The van der Waals surface area contributed by atoms with Crippen LogP contribution in [0.2, 0.25) is 25.7 Å². The second-order valence-corrected chi connectivity index (χ2v) is 12.8. The van der Waals surface area contributed by atoms with Crippen molar-refractivity contribution in [2.45, 2.75) is 58.5 Å². The first-order valence-electron chi connectivity index (χ1n) is 6.73. The summed E-state index contributed by atoms with van der Waals surface area (Å²) in [5.74, 6) is 0. The highest BCUT2D eigenvalue weighted by Crippen LogP contribution is 2.21. The van der Waals surface area contributed by atoms with E-state index in [1.165, 1.54) is 11.6 Å². The molecule has 0 aliphatic carbocycles. The van der Waals surface area contributed by atoms with Crippen LogP contribution in [0.1, 0.15) is 27.2 Å². The summed E-state index contributed by atoms with van der Waals surface area (Å²) >= 11 is 0. The van der Waals surface area contributed by atoms with Gasteiger partial charge in [-0.25, -0.2) is 4.79 Å². The van der Waals surface area contributed by atoms with E-state index in [-0.39, 0.29) is 6.09 Å². The van der Waals surface area contributed by atoms with E-state index in [4.69, 9.17) is 4.74 Å². The van der Waals surface area contributed by atoms with Gasteiger partial charge in [-0.1, -0.05) is 31.3 Å². The second-order valence-electron chi connectivity index (χ2n) is 7.28. The Bertz CT molecular complexity index is 337. The fraction of sp³-hybridized carbons (Fsp3) is 0.786. The summed E-state index contributed by atoms with van der Waals surface area (Å²) in [6.45, 7) is 14.4. The number of carbonyl (C=O) groups excluding carboxylic acids is 1. The first kappa shape index (κ1) is 15.3. The molecule has 1 aliphatic heterocycles. The molecule has 0 spiro atoms. The summed E-state index contributed by atoms with van der Waals surface area (Å²) in [6, 6.07) is 1.20. The number of hydrogen-bond acceptors (Lipinski definition) is 2. The van der Waals surface area contributed by atoms with Crippen molar-refractivity contribution in [3.05, 3.63) is 11.6 Å². The summed E-state index contributed by atoms with van der Waals surface area (Å²) in [5, 5.41) is 0. The lowest BCUT2D eigenvalue weighted by atomic mass is 10.2. The van der Waals surface area contributed by atoms with Crippen LogP contribution in [-0.4, -0.2) is 37.8 Å². The molecule has 104 valence electrons. The van der Waals surface area contributed by atoms with E-state index < -0.39 is 13.7 Å². The predicted molar refractivity (Wildman–Crippen MR) is 78.7 cm³/mol. The Morgan fingerprint density at radius 1 is 1.39 bits per heavy atom. The standard InChI is InChI=1S/C14H27NO2Si/c1-14(2,3)17-13(16)15-9-7-12(11-15)8-10-18(4,5)6/h8H,7,9-11H2,1-6H3/b12-8-. The molecule has 0 bridgehead atoms. The quantitative estimate of drug-likeness (QED) is 0.562. The molecule has 0 saturated carbocycles. The number of amides is 1. The molecule has 0 aromatic heterocycles. The van der Waals surface area contributed by atoms with Gasteiger partial charge in [-0.3, -0.25) is 0 Å². The highest BCUT2D eigenvalue weighted by atomic mass is 28.3. The molecule has 0 N–H and O–H groups in total. The summed E-state index contributed by atoms with van der Waals surface area (Å²) in [4.78, 5) is 13.7. The van der Waals surface area contributed by atoms with Crippen molar-refractivity contribution in [3.63, 3.8) is 0 Å². The molecule has 0 unspecified atom stereocenters. The molecule has 3 nitrogen and oxygen atoms in total. The van der Waals surface area contributed by atoms with Crippen molar-refractivity contribution >= 4 is 14.2 Å². The van der Waals surface area contributed by atoms with Gasteiger partial charge in [0.1, 0.15) is 5.60 Å². The van der Waals surface area contributed by atoms with Gasteiger partial charge in [0.25, 0.3) is 0 Å². The zero-order chi connectivity index (χ0) is 14.0. The normalized spacial score (nSPS) is 19.4. The van der Waals surface area contributed by atoms with Gasteiger partial charge in [0.05, 0.1) is 0 Å². The molecule has 0 aromatic rings. The van der Waals surface area contributed by atoms with Gasteiger partial charge in [-0.05, 0) is 33.2 Å². The summed E-state index contributed by atoms with van der Waals surface area (Å²) in [6.07, 6.45) is 3.17. The summed E-state index contributed by atoms with van der Waals surface area (Å²) < 4.78 is 5.38. The topological polar surface area (TPSA) is 29.5 Å². The van der Waals surface area contributed by atoms with Crippen molar-refractivity contribution in [1.29, 1.82) is 0 Å². The maximum Gasteiger partial charge on any atom is 0.410 e. The largest absolute Gasteiger partial charge is 0.444 e. The zero-order valence-electron chi connectivity index (χ0n) is 12.7. The second kappa shape index (κ2) is 5.47. The number of likely N-dealkylation sites (tertiary alicyclic amines) is 1. The molecule has 1 amide bonds. The van der Waals surface area contributed by atoms with Gasteiger partial charge in [-0.15, -0.1) is 0 Å². The van der Waals surface area contributed by atoms with E-state index in [2.05, 4.69) is 25.7 Å². The van der Waals surface area contributed by atoms with Crippen LogP contribution in [0.3, 0.4) is 0 Å². The molecule has 18 heavy (non-hydrogen) atoms. The number of allylic oxidation sites excluding steroid dienone is 1. The first-order valence-corrected chi connectivity index (χ1v) is 10.4. The Hall–Kier alpha value is -0.773. The van der Waals surface area contributed by atoms with Crippen molar-refractivity contribution in [3.8, 4) is 0 Å². The molecular weight excluding hydrogens is 242 g/mol. The third-order valence-electron chi connectivity index (χ3n) is 2.75. The molecular formula is C14H27NO2Si. The van der Waals surface area contributed by atoms with Crippen LogP contribution in [-0.2, 0) is 4.74 Å². The van der Waals surface area contributed by atoms with E-state index in [0.29, 0.717) is 0 Å². The Balaban J connectivity index is 2.49. The van der Waals surface area contributed by atoms with E-state index in [0.717, 1.165) is 19.5 Å². The molecule has 1 fully saturated rings. The lowest BCUT2D eigenvalue weighted by Gasteiger charge is -2.24. The van der Waals surface area contributed by atoms with E-state index in [9.17, 15) is 4.79 Å². The Morgan fingerprint density at radius 3 is 2.50 bits per heavy atom. The van der Waals surface area contributed by atoms with Crippen LogP contribution in [0.15, 0.2) is 11.6 Å². The molecule has 1 aliphatic rings. The molecule has 0 aromatic carbocycles. The molecule has 4 heteroatoms. The summed E-state index contributed by atoms with van der Waals surface area (Å²) in [5.41, 5.74) is 0.991. The van der Waals surface area contributed by atoms with Gasteiger partial charge in [-0.2, -0.15) is 0 Å². The van der Waals surface area contributed by atoms with Crippen LogP contribution in [0.25, 0.3) is 0 Å². The average molecular weight is 269 g/mol. The number of nitrogens with zero attached hydrogens (tertiary/aromatic N) is 1. The fourth-order valence-corrected chi connectivity index (χ4v) is 2.68. The number of ether oxygens (including phenoxy) is 1. The van der Waals surface area contributed by atoms with Gasteiger partial charge in [0, 0.05) is 21.2 Å². The lowest BCUT2D eigenvalue weighted by Crippen LogP contribution is -2.34. The predicted octanol–water partition coefficient (Wildman–Crippen LogP) is 3.89. The minimum Gasteiger partial charge on any atom is -0.444 e. The monoisotopic (exact) mass is 269 g/mol. The van der Waals surface area contributed by atoms with Crippen molar-refractivity contribution in [1.82, 2.24) is 4.90 Å². The van der Waals surface area contributed by atoms with Crippen molar-refractivity contribution in [2.75, 3.05) is 13.1 Å². The van der Waals surface area contributed by atoms with Gasteiger partial charge in [0.15, 0.2) is 0 Å².